The number of carbonyl (C=O) groups excluding carboxylic acids is 2. The summed E-state index contributed by atoms with van der Waals surface area (Å²) in [5.41, 5.74) is 0.701. The maximum atomic E-state index is 12.3. The van der Waals surface area contributed by atoms with Crippen molar-refractivity contribution >= 4 is 29.2 Å². The Morgan fingerprint density at radius 2 is 1.77 bits per heavy atom. The quantitative estimate of drug-likeness (QED) is 0.740. The Hall–Kier alpha value is -2.73. The molecular formula is C19H20ClNO5. The lowest BCUT2D eigenvalue weighted by Crippen LogP contribution is -2.30. The third-order valence-electron chi connectivity index (χ3n) is 3.48. The molecule has 0 spiro atoms. The van der Waals surface area contributed by atoms with Crippen molar-refractivity contribution in [2.45, 2.75) is 20.0 Å². The molecule has 0 heterocycles. The molecule has 138 valence electrons. The Balaban J connectivity index is 2.00. The highest BCUT2D eigenvalue weighted by molar-refractivity contribution is 6.34. The van der Waals surface area contributed by atoms with Crippen molar-refractivity contribution in [3.05, 3.63) is 53.1 Å². The van der Waals surface area contributed by atoms with Crippen LogP contribution < -0.4 is 14.8 Å². The molecule has 1 amide bonds. The molecule has 0 aliphatic carbocycles. The molecule has 0 aromatic heterocycles. The van der Waals surface area contributed by atoms with Gasteiger partial charge in [0, 0.05) is 0 Å². The van der Waals surface area contributed by atoms with Crippen LogP contribution in [0.15, 0.2) is 42.5 Å². The number of hydrogen-bond acceptors (Lipinski definition) is 5. The van der Waals surface area contributed by atoms with Crippen LogP contribution in [0.2, 0.25) is 5.02 Å². The first kappa shape index (κ1) is 19.6. The van der Waals surface area contributed by atoms with Gasteiger partial charge in [0.2, 0.25) is 0 Å². The number of hydrogen-bond donors (Lipinski definition) is 1. The molecule has 0 aliphatic rings. The Labute approximate surface area is 157 Å². The fourth-order valence-corrected chi connectivity index (χ4v) is 2.33. The largest absolute Gasteiger partial charge is 0.497 e. The van der Waals surface area contributed by atoms with Gasteiger partial charge in [-0.1, -0.05) is 11.6 Å². The van der Waals surface area contributed by atoms with Gasteiger partial charge in [-0.25, -0.2) is 4.79 Å². The molecule has 1 N–H and O–H groups in total. The molecular weight excluding hydrogens is 358 g/mol. The molecule has 6 nitrogen and oxygen atoms in total. The number of carbonyl (C=O) groups is 2. The minimum absolute atomic E-state index is 0.237. The second kappa shape index (κ2) is 9.10. The molecule has 1 atom stereocenters. The van der Waals surface area contributed by atoms with Gasteiger partial charge in [-0.05, 0) is 56.3 Å². The van der Waals surface area contributed by atoms with Crippen LogP contribution in [0.3, 0.4) is 0 Å². The van der Waals surface area contributed by atoms with E-state index in [1.807, 2.05) is 0 Å². The van der Waals surface area contributed by atoms with E-state index in [2.05, 4.69) is 5.32 Å². The lowest BCUT2D eigenvalue weighted by molar-refractivity contribution is -0.122. The predicted octanol–water partition coefficient (Wildman–Crippen LogP) is 3.93. The summed E-state index contributed by atoms with van der Waals surface area (Å²) in [5.74, 6) is 0.398. The molecule has 2 aromatic carbocycles. The van der Waals surface area contributed by atoms with E-state index in [-0.39, 0.29) is 17.5 Å². The Bertz CT molecular complexity index is 776. The Morgan fingerprint density at radius 3 is 2.35 bits per heavy atom. The van der Waals surface area contributed by atoms with E-state index >= 15 is 0 Å². The standard InChI is InChI=1S/C19H20ClNO5/c1-4-25-19(23)13-5-10-17(16(20)11-13)21-18(22)12(2)26-15-8-6-14(24-3)7-9-15/h5-12H,4H2,1-3H3,(H,21,22)/t12-/m1/s1. The number of halogens is 1. The number of ether oxygens (including phenoxy) is 3. The lowest BCUT2D eigenvalue weighted by Gasteiger charge is -2.16. The fraction of sp³-hybridized carbons (Fsp3) is 0.263. The molecule has 2 rings (SSSR count). The first-order valence-corrected chi connectivity index (χ1v) is 8.40. The Kier molecular flexibility index (Phi) is 6.86. The summed E-state index contributed by atoms with van der Waals surface area (Å²) in [7, 11) is 1.57. The van der Waals surface area contributed by atoms with Gasteiger partial charge in [-0.2, -0.15) is 0 Å². The molecule has 0 saturated heterocycles. The van der Waals surface area contributed by atoms with Crippen molar-refractivity contribution in [2.75, 3.05) is 19.0 Å². The van der Waals surface area contributed by atoms with Crippen LogP contribution in [0.25, 0.3) is 0 Å². The molecule has 0 bridgehead atoms. The second-order valence-electron chi connectivity index (χ2n) is 5.34. The first-order valence-electron chi connectivity index (χ1n) is 8.02. The number of benzene rings is 2. The molecule has 26 heavy (non-hydrogen) atoms. The van der Waals surface area contributed by atoms with Crippen LogP contribution in [0.1, 0.15) is 24.2 Å². The smallest absolute Gasteiger partial charge is 0.338 e. The zero-order chi connectivity index (χ0) is 19.1. The summed E-state index contributed by atoms with van der Waals surface area (Å²) in [4.78, 5) is 24.0. The van der Waals surface area contributed by atoms with Gasteiger partial charge >= 0.3 is 5.97 Å². The summed E-state index contributed by atoms with van der Waals surface area (Å²) in [5, 5.41) is 2.91. The number of nitrogens with one attached hydrogen (secondary N) is 1. The van der Waals surface area contributed by atoms with Crippen molar-refractivity contribution < 1.29 is 23.8 Å². The van der Waals surface area contributed by atoms with Crippen molar-refractivity contribution in [1.82, 2.24) is 0 Å². The minimum atomic E-state index is -0.746. The highest BCUT2D eigenvalue weighted by Gasteiger charge is 2.17. The molecule has 2 aromatic rings. The van der Waals surface area contributed by atoms with Crippen LogP contribution in [-0.4, -0.2) is 31.7 Å². The average molecular weight is 378 g/mol. The van der Waals surface area contributed by atoms with Crippen molar-refractivity contribution in [1.29, 1.82) is 0 Å². The summed E-state index contributed by atoms with van der Waals surface area (Å²) in [6, 6.07) is 11.4. The van der Waals surface area contributed by atoms with E-state index in [0.717, 1.165) is 0 Å². The van der Waals surface area contributed by atoms with Gasteiger partial charge in [0.25, 0.3) is 5.91 Å². The number of rotatable bonds is 7. The van der Waals surface area contributed by atoms with Gasteiger partial charge in [-0.15, -0.1) is 0 Å². The number of amides is 1. The van der Waals surface area contributed by atoms with Crippen LogP contribution in [-0.2, 0) is 9.53 Å². The molecule has 0 fully saturated rings. The predicted molar refractivity (Wildman–Crippen MR) is 99.1 cm³/mol. The van der Waals surface area contributed by atoms with E-state index in [1.54, 1.807) is 51.3 Å². The third-order valence-corrected chi connectivity index (χ3v) is 3.79. The van der Waals surface area contributed by atoms with E-state index in [4.69, 9.17) is 25.8 Å². The van der Waals surface area contributed by atoms with E-state index in [1.165, 1.54) is 12.1 Å². The van der Waals surface area contributed by atoms with Crippen molar-refractivity contribution in [3.8, 4) is 11.5 Å². The molecule has 0 aliphatic heterocycles. The average Bonchev–Trinajstić information content (AvgIpc) is 2.64. The van der Waals surface area contributed by atoms with Crippen LogP contribution in [0, 0.1) is 0 Å². The molecule has 7 heteroatoms. The Morgan fingerprint density at radius 1 is 1.12 bits per heavy atom. The SMILES string of the molecule is CCOC(=O)c1ccc(NC(=O)[C@@H](C)Oc2ccc(OC)cc2)c(Cl)c1. The maximum Gasteiger partial charge on any atom is 0.338 e. The van der Waals surface area contributed by atoms with Gasteiger partial charge in [0.15, 0.2) is 6.10 Å². The summed E-state index contributed by atoms with van der Waals surface area (Å²) in [6.07, 6.45) is -0.746. The first-order chi connectivity index (χ1) is 12.4. The zero-order valence-electron chi connectivity index (χ0n) is 14.7. The second-order valence-corrected chi connectivity index (χ2v) is 5.75. The van der Waals surface area contributed by atoms with Gasteiger partial charge in [0.1, 0.15) is 11.5 Å². The highest BCUT2D eigenvalue weighted by atomic mass is 35.5. The zero-order valence-corrected chi connectivity index (χ0v) is 15.5. The van der Waals surface area contributed by atoms with Crippen molar-refractivity contribution in [3.63, 3.8) is 0 Å². The summed E-state index contributed by atoms with van der Waals surface area (Å²) >= 11 is 6.14. The third kappa shape index (κ3) is 5.13. The normalized spacial score (nSPS) is 11.4. The molecule has 0 radical (unpaired) electrons. The fourth-order valence-electron chi connectivity index (χ4n) is 2.10. The van der Waals surface area contributed by atoms with Crippen LogP contribution >= 0.6 is 11.6 Å². The monoisotopic (exact) mass is 377 g/mol. The summed E-state index contributed by atoms with van der Waals surface area (Å²) in [6.45, 7) is 3.62. The van der Waals surface area contributed by atoms with Crippen molar-refractivity contribution in [2.24, 2.45) is 0 Å². The highest BCUT2D eigenvalue weighted by Crippen LogP contribution is 2.24. The van der Waals surface area contributed by atoms with Crippen LogP contribution in [0.5, 0.6) is 11.5 Å². The van der Waals surface area contributed by atoms with E-state index in [0.29, 0.717) is 22.7 Å². The van der Waals surface area contributed by atoms with E-state index in [9.17, 15) is 9.59 Å². The van der Waals surface area contributed by atoms with Gasteiger partial charge in [-0.3, -0.25) is 4.79 Å². The number of anilines is 1. The summed E-state index contributed by atoms with van der Waals surface area (Å²) < 4.78 is 15.6. The molecule has 0 saturated carbocycles. The van der Waals surface area contributed by atoms with E-state index < -0.39 is 12.1 Å². The number of methoxy groups -OCH3 is 1. The van der Waals surface area contributed by atoms with Gasteiger partial charge < -0.3 is 19.5 Å². The topological polar surface area (TPSA) is 73.9 Å². The minimum Gasteiger partial charge on any atom is -0.497 e. The molecule has 0 unspecified atom stereocenters. The maximum absolute atomic E-state index is 12.3. The number of esters is 1. The lowest BCUT2D eigenvalue weighted by atomic mass is 10.2. The van der Waals surface area contributed by atoms with Gasteiger partial charge in [0.05, 0.1) is 30.0 Å². The van der Waals surface area contributed by atoms with Crippen LogP contribution in [0.4, 0.5) is 5.69 Å².